The molecule has 0 aliphatic carbocycles. The first-order valence-electron chi connectivity index (χ1n) is 8.73. The van der Waals surface area contributed by atoms with Crippen molar-refractivity contribution in [3.63, 3.8) is 0 Å². The van der Waals surface area contributed by atoms with Crippen molar-refractivity contribution in [2.45, 2.75) is 45.0 Å². The van der Waals surface area contributed by atoms with Crippen LogP contribution < -0.4 is 5.32 Å². The molecule has 8 nitrogen and oxygen atoms in total. The van der Waals surface area contributed by atoms with Crippen LogP contribution in [0.5, 0.6) is 0 Å². The van der Waals surface area contributed by atoms with Crippen molar-refractivity contribution in [2.24, 2.45) is 0 Å². The number of likely N-dealkylation sites (tertiary alicyclic amines) is 1. The van der Waals surface area contributed by atoms with Crippen molar-refractivity contribution >= 4 is 28.8 Å². The topological polar surface area (TPSA) is 108 Å². The number of hydrogen-bond acceptors (Lipinski definition) is 5. The molecular weight excluding hydrogens is 355 g/mol. The average Bonchev–Trinajstić information content (AvgIpc) is 3.03. The van der Waals surface area contributed by atoms with Crippen molar-refractivity contribution in [1.29, 1.82) is 0 Å². The predicted octanol–water partition coefficient (Wildman–Crippen LogP) is 3.02. The SMILES string of the molecule is CC(C)(C)OC(=O)N1CC[C@H](Nc2c(C(=O)O)cnc3[nH]ccc23)[C@H](F)C1. The standard InChI is InChI=1S/C18H23FN4O4/c1-18(2,3)27-17(26)23-7-5-13(12(19)9-23)22-14-10-4-6-20-15(10)21-8-11(14)16(24)25/h4,6,8,12-13H,5,7,9H2,1-3H3,(H,24,25)(H2,20,21,22)/t12-,13+/m1/s1. The first-order chi connectivity index (χ1) is 12.7. The van der Waals surface area contributed by atoms with E-state index < -0.39 is 29.9 Å². The van der Waals surface area contributed by atoms with E-state index in [0.717, 1.165) is 0 Å². The number of alkyl halides is 1. The van der Waals surface area contributed by atoms with Gasteiger partial charge >= 0.3 is 12.1 Å². The van der Waals surface area contributed by atoms with Gasteiger partial charge in [-0.2, -0.15) is 0 Å². The summed E-state index contributed by atoms with van der Waals surface area (Å²) < 4.78 is 20.0. The van der Waals surface area contributed by atoms with E-state index in [1.54, 1.807) is 33.0 Å². The first-order valence-corrected chi connectivity index (χ1v) is 8.73. The van der Waals surface area contributed by atoms with E-state index in [2.05, 4.69) is 15.3 Å². The summed E-state index contributed by atoms with van der Waals surface area (Å²) >= 11 is 0. The lowest BCUT2D eigenvalue weighted by atomic mass is 10.0. The number of carbonyl (C=O) groups is 2. The zero-order valence-corrected chi connectivity index (χ0v) is 15.5. The number of pyridine rings is 1. The van der Waals surface area contributed by atoms with E-state index in [9.17, 15) is 19.1 Å². The number of anilines is 1. The van der Waals surface area contributed by atoms with Gasteiger partial charge in [-0.25, -0.2) is 19.0 Å². The number of hydrogen-bond donors (Lipinski definition) is 3. The molecule has 3 rings (SSSR count). The second kappa shape index (κ2) is 7.05. The van der Waals surface area contributed by atoms with Crippen molar-refractivity contribution in [1.82, 2.24) is 14.9 Å². The Morgan fingerprint density at radius 3 is 2.81 bits per heavy atom. The highest BCUT2D eigenvalue weighted by atomic mass is 19.1. The quantitative estimate of drug-likeness (QED) is 0.758. The minimum Gasteiger partial charge on any atom is -0.478 e. The number of piperidine rings is 1. The van der Waals surface area contributed by atoms with Crippen LogP contribution in [-0.2, 0) is 4.74 Å². The van der Waals surface area contributed by atoms with Crippen LogP contribution in [0.4, 0.5) is 14.9 Å². The molecule has 0 spiro atoms. The molecule has 3 N–H and O–H groups in total. The molecule has 0 saturated carbocycles. The number of fused-ring (bicyclic) bond motifs is 1. The molecule has 0 aromatic carbocycles. The number of ether oxygens (including phenoxy) is 1. The molecule has 1 saturated heterocycles. The third-order valence-corrected chi connectivity index (χ3v) is 4.34. The summed E-state index contributed by atoms with van der Waals surface area (Å²) in [5.74, 6) is -1.14. The second-order valence-corrected chi connectivity index (χ2v) is 7.57. The van der Waals surface area contributed by atoms with E-state index in [-0.39, 0.29) is 12.1 Å². The smallest absolute Gasteiger partial charge is 0.410 e. The molecule has 1 amide bonds. The number of nitrogens with one attached hydrogen (secondary N) is 2. The molecule has 9 heteroatoms. The fourth-order valence-corrected chi connectivity index (χ4v) is 3.07. The molecular formula is C18H23FN4O4. The number of H-pyrrole nitrogens is 1. The van der Waals surface area contributed by atoms with Crippen LogP contribution in [-0.4, -0.2) is 62.9 Å². The summed E-state index contributed by atoms with van der Waals surface area (Å²) in [5, 5.41) is 13.0. The van der Waals surface area contributed by atoms with Gasteiger partial charge in [-0.3, -0.25) is 0 Å². The Kier molecular flexibility index (Phi) is 4.95. The Balaban J connectivity index is 1.76. The summed E-state index contributed by atoms with van der Waals surface area (Å²) in [5.41, 5.74) is 0.172. The second-order valence-electron chi connectivity index (χ2n) is 7.57. The maximum absolute atomic E-state index is 14.8. The highest BCUT2D eigenvalue weighted by Crippen LogP contribution is 2.29. The Bertz CT molecular complexity index is 861. The summed E-state index contributed by atoms with van der Waals surface area (Å²) in [6.45, 7) is 5.47. The molecule has 2 aromatic rings. The van der Waals surface area contributed by atoms with Gasteiger partial charge in [0.15, 0.2) is 0 Å². The number of carbonyl (C=O) groups excluding carboxylic acids is 1. The van der Waals surface area contributed by atoms with Crippen molar-refractivity contribution < 1.29 is 23.8 Å². The predicted molar refractivity (Wildman–Crippen MR) is 97.8 cm³/mol. The van der Waals surface area contributed by atoms with E-state index in [1.165, 1.54) is 11.1 Å². The third-order valence-electron chi connectivity index (χ3n) is 4.34. The molecule has 1 fully saturated rings. The molecule has 2 aromatic heterocycles. The number of carboxylic acids is 1. The molecule has 0 radical (unpaired) electrons. The summed E-state index contributed by atoms with van der Waals surface area (Å²) in [6.07, 6.45) is 1.30. The molecule has 3 heterocycles. The van der Waals surface area contributed by atoms with Gasteiger partial charge < -0.3 is 25.0 Å². The Morgan fingerprint density at radius 1 is 1.44 bits per heavy atom. The number of carboxylic acid groups (broad SMARTS) is 1. The van der Waals surface area contributed by atoms with Crippen LogP contribution in [0, 0.1) is 0 Å². The number of halogens is 1. The number of amides is 1. The molecule has 27 heavy (non-hydrogen) atoms. The fourth-order valence-electron chi connectivity index (χ4n) is 3.07. The van der Waals surface area contributed by atoms with E-state index in [4.69, 9.17) is 4.74 Å². The Morgan fingerprint density at radius 2 is 2.19 bits per heavy atom. The van der Waals surface area contributed by atoms with Crippen molar-refractivity contribution in [3.05, 3.63) is 24.0 Å². The van der Waals surface area contributed by atoms with Crippen LogP contribution in [0.2, 0.25) is 0 Å². The minimum absolute atomic E-state index is 0.0242. The molecule has 0 unspecified atom stereocenters. The zero-order valence-electron chi connectivity index (χ0n) is 15.5. The number of aromatic nitrogens is 2. The highest BCUT2D eigenvalue weighted by molar-refractivity contribution is 6.03. The summed E-state index contributed by atoms with van der Waals surface area (Å²) in [6, 6.07) is 1.07. The largest absolute Gasteiger partial charge is 0.478 e. The van der Waals surface area contributed by atoms with Crippen LogP contribution in [0.15, 0.2) is 18.5 Å². The molecule has 2 atom stereocenters. The fraction of sp³-hybridized carbons (Fsp3) is 0.500. The van der Waals surface area contributed by atoms with Crippen LogP contribution in [0.1, 0.15) is 37.6 Å². The number of aromatic carboxylic acids is 1. The van der Waals surface area contributed by atoms with Gasteiger partial charge in [0, 0.05) is 24.3 Å². The van der Waals surface area contributed by atoms with Crippen molar-refractivity contribution in [2.75, 3.05) is 18.4 Å². The van der Waals surface area contributed by atoms with E-state index in [0.29, 0.717) is 29.7 Å². The van der Waals surface area contributed by atoms with Gasteiger partial charge in [0.1, 0.15) is 23.0 Å². The lowest BCUT2D eigenvalue weighted by Gasteiger charge is -2.36. The van der Waals surface area contributed by atoms with E-state index >= 15 is 0 Å². The average molecular weight is 378 g/mol. The lowest BCUT2D eigenvalue weighted by molar-refractivity contribution is 0.0125. The molecule has 1 aliphatic heterocycles. The Hall–Kier alpha value is -2.84. The van der Waals surface area contributed by atoms with Gasteiger partial charge in [-0.15, -0.1) is 0 Å². The van der Waals surface area contributed by atoms with E-state index in [1.807, 2.05) is 0 Å². The highest BCUT2D eigenvalue weighted by Gasteiger charge is 2.34. The summed E-state index contributed by atoms with van der Waals surface area (Å²) in [4.78, 5) is 32.0. The molecule has 1 aliphatic rings. The van der Waals surface area contributed by atoms with Crippen LogP contribution in [0.3, 0.4) is 0 Å². The number of aromatic amines is 1. The zero-order chi connectivity index (χ0) is 19.8. The van der Waals surface area contributed by atoms with Gasteiger partial charge in [0.05, 0.1) is 18.3 Å². The first kappa shape index (κ1) is 18.9. The van der Waals surface area contributed by atoms with Gasteiger partial charge in [-0.1, -0.05) is 0 Å². The van der Waals surface area contributed by atoms with Gasteiger partial charge in [0.25, 0.3) is 0 Å². The van der Waals surface area contributed by atoms with Gasteiger partial charge in [0.2, 0.25) is 0 Å². The van der Waals surface area contributed by atoms with Crippen LogP contribution >= 0.6 is 0 Å². The van der Waals surface area contributed by atoms with Crippen LogP contribution in [0.25, 0.3) is 11.0 Å². The maximum atomic E-state index is 14.8. The number of nitrogens with zero attached hydrogens (tertiary/aromatic N) is 2. The monoisotopic (exact) mass is 378 g/mol. The Labute approximate surface area is 155 Å². The van der Waals surface area contributed by atoms with Gasteiger partial charge in [-0.05, 0) is 33.3 Å². The number of rotatable bonds is 3. The maximum Gasteiger partial charge on any atom is 0.410 e. The molecule has 0 bridgehead atoms. The van der Waals surface area contributed by atoms with Crippen molar-refractivity contribution in [3.8, 4) is 0 Å². The minimum atomic E-state index is -1.37. The molecule has 146 valence electrons. The normalized spacial score (nSPS) is 20.5. The third kappa shape index (κ3) is 4.12. The lowest BCUT2D eigenvalue weighted by Crippen LogP contribution is -2.51. The summed E-state index contributed by atoms with van der Waals surface area (Å²) in [7, 11) is 0.